The number of aromatic nitrogens is 1. The van der Waals surface area contributed by atoms with E-state index in [0.717, 1.165) is 12.4 Å². The maximum Gasteiger partial charge on any atom is 0.254 e. The van der Waals surface area contributed by atoms with Gasteiger partial charge in [0, 0.05) is 32.3 Å². The van der Waals surface area contributed by atoms with Gasteiger partial charge < -0.3 is 10.2 Å². The first-order chi connectivity index (χ1) is 10.7. The molecule has 0 bridgehead atoms. The van der Waals surface area contributed by atoms with E-state index >= 15 is 0 Å². The van der Waals surface area contributed by atoms with Gasteiger partial charge >= 0.3 is 0 Å². The Kier molecular flexibility index (Phi) is 3.84. The number of anilines is 1. The Bertz CT molecular complexity index is 665. The molecule has 3 rings (SSSR count). The Labute approximate surface area is 131 Å². The van der Waals surface area contributed by atoms with Crippen LogP contribution in [0.5, 0.6) is 0 Å². The lowest BCUT2D eigenvalue weighted by Crippen LogP contribution is -2.32. The predicted octanol–water partition coefficient (Wildman–Crippen LogP) is 2.61. The van der Waals surface area contributed by atoms with E-state index in [-0.39, 0.29) is 11.3 Å². The quantitative estimate of drug-likeness (QED) is 0.922. The molecule has 1 saturated carbocycles. The molecule has 1 fully saturated rings. The molecule has 1 aliphatic rings. The number of hydrogen-bond acceptors (Lipinski definition) is 3. The smallest absolute Gasteiger partial charge is 0.254 e. The summed E-state index contributed by atoms with van der Waals surface area (Å²) in [5, 5.41) is 2.68. The Morgan fingerprint density at radius 2 is 1.95 bits per heavy atom. The molecule has 4 heteroatoms. The monoisotopic (exact) mass is 295 g/mol. The van der Waals surface area contributed by atoms with Gasteiger partial charge in [-0.1, -0.05) is 30.3 Å². The Hall–Kier alpha value is -2.36. The maximum absolute atomic E-state index is 12.0. The van der Waals surface area contributed by atoms with Crippen LogP contribution in [0.4, 0.5) is 5.82 Å². The van der Waals surface area contributed by atoms with Crippen molar-refractivity contribution in [1.82, 2.24) is 10.3 Å². The SMILES string of the molecule is CNC(=O)c1cccnc1N(C)CC1(c2ccccc2)CC1. The molecule has 1 aromatic heterocycles. The molecule has 1 aromatic carbocycles. The number of carbonyl (C=O) groups is 1. The molecule has 2 aromatic rings. The number of nitrogens with zero attached hydrogens (tertiary/aromatic N) is 2. The van der Waals surface area contributed by atoms with Crippen LogP contribution in [0.15, 0.2) is 48.7 Å². The number of hydrogen-bond donors (Lipinski definition) is 1. The van der Waals surface area contributed by atoms with Gasteiger partial charge in [-0.2, -0.15) is 0 Å². The van der Waals surface area contributed by atoms with Gasteiger partial charge in [-0.05, 0) is 30.5 Å². The summed E-state index contributed by atoms with van der Waals surface area (Å²) < 4.78 is 0. The molecule has 1 amide bonds. The lowest BCUT2D eigenvalue weighted by atomic mass is 9.95. The number of carbonyl (C=O) groups excluding carboxylic acids is 1. The minimum atomic E-state index is -0.0977. The van der Waals surface area contributed by atoms with Gasteiger partial charge in [-0.3, -0.25) is 4.79 Å². The molecular formula is C18H21N3O. The summed E-state index contributed by atoms with van der Waals surface area (Å²) in [6, 6.07) is 14.2. The summed E-state index contributed by atoms with van der Waals surface area (Å²) in [4.78, 5) is 18.5. The van der Waals surface area contributed by atoms with Crippen molar-refractivity contribution < 1.29 is 4.79 Å². The lowest BCUT2D eigenvalue weighted by molar-refractivity contribution is 0.0963. The van der Waals surface area contributed by atoms with E-state index in [1.165, 1.54) is 18.4 Å². The van der Waals surface area contributed by atoms with Crippen LogP contribution in [0.2, 0.25) is 0 Å². The van der Waals surface area contributed by atoms with E-state index in [9.17, 15) is 4.79 Å². The van der Waals surface area contributed by atoms with E-state index in [1.54, 1.807) is 19.3 Å². The first kappa shape index (κ1) is 14.6. The molecule has 0 radical (unpaired) electrons. The minimum Gasteiger partial charge on any atom is -0.358 e. The third-order valence-electron chi connectivity index (χ3n) is 4.40. The van der Waals surface area contributed by atoms with E-state index in [0.29, 0.717) is 5.56 Å². The summed E-state index contributed by atoms with van der Waals surface area (Å²) in [6.07, 6.45) is 4.10. The standard InChI is InChI=1S/C18H21N3O/c1-19-17(22)15-9-6-12-20-16(15)21(2)13-18(10-11-18)14-7-4-3-5-8-14/h3-9,12H,10-11,13H2,1-2H3,(H,19,22). The zero-order valence-corrected chi connectivity index (χ0v) is 13.0. The molecule has 114 valence electrons. The van der Waals surface area contributed by atoms with Crippen molar-refractivity contribution >= 4 is 11.7 Å². The summed E-state index contributed by atoms with van der Waals surface area (Å²) >= 11 is 0. The van der Waals surface area contributed by atoms with Gasteiger partial charge in [-0.25, -0.2) is 4.98 Å². The summed E-state index contributed by atoms with van der Waals surface area (Å²) in [5.41, 5.74) is 2.20. The summed E-state index contributed by atoms with van der Waals surface area (Å²) in [7, 11) is 3.66. The first-order valence-corrected chi connectivity index (χ1v) is 7.60. The fraction of sp³-hybridized carbons (Fsp3) is 0.333. The zero-order chi connectivity index (χ0) is 15.6. The maximum atomic E-state index is 12.0. The predicted molar refractivity (Wildman–Crippen MR) is 88.3 cm³/mol. The highest BCUT2D eigenvalue weighted by Gasteiger charge is 2.45. The second-order valence-electron chi connectivity index (χ2n) is 5.96. The second kappa shape index (κ2) is 5.79. The molecule has 0 saturated heterocycles. The second-order valence-corrected chi connectivity index (χ2v) is 5.96. The average Bonchev–Trinajstić information content (AvgIpc) is 3.35. The van der Waals surface area contributed by atoms with Gasteiger partial charge in [0.25, 0.3) is 5.91 Å². The molecule has 1 aliphatic carbocycles. The Morgan fingerprint density at radius 3 is 2.59 bits per heavy atom. The van der Waals surface area contributed by atoms with Crippen molar-refractivity contribution in [2.45, 2.75) is 18.3 Å². The van der Waals surface area contributed by atoms with Crippen molar-refractivity contribution in [2.75, 3.05) is 25.5 Å². The van der Waals surface area contributed by atoms with Crippen LogP contribution in [0, 0.1) is 0 Å². The third-order valence-corrected chi connectivity index (χ3v) is 4.40. The summed E-state index contributed by atoms with van der Waals surface area (Å²) in [6.45, 7) is 0.873. The topological polar surface area (TPSA) is 45.2 Å². The van der Waals surface area contributed by atoms with Crippen molar-refractivity contribution in [2.24, 2.45) is 0 Å². The number of nitrogens with one attached hydrogen (secondary N) is 1. The fourth-order valence-electron chi connectivity index (χ4n) is 3.02. The number of pyridine rings is 1. The normalized spacial score (nSPS) is 15.2. The van der Waals surface area contributed by atoms with Crippen LogP contribution in [0.3, 0.4) is 0 Å². The molecule has 0 atom stereocenters. The third kappa shape index (κ3) is 2.69. The highest BCUT2D eigenvalue weighted by Crippen LogP contribution is 2.48. The van der Waals surface area contributed by atoms with E-state index in [4.69, 9.17) is 0 Å². The fourth-order valence-corrected chi connectivity index (χ4v) is 3.02. The van der Waals surface area contributed by atoms with Crippen LogP contribution < -0.4 is 10.2 Å². The van der Waals surface area contributed by atoms with Crippen molar-refractivity contribution in [3.8, 4) is 0 Å². The largest absolute Gasteiger partial charge is 0.358 e. The van der Waals surface area contributed by atoms with E-state index < -0.39 is 0 Å². The molecule has 1 heterocycles. The van der Waals surface area contributed by atoms with Crippen LogP contribution in [0.1, 0.15) is 28.8 Å². The van der Waals surface area contributed by atoms with Gasteiger partial charge in [0.2, 0.25) is 0 Å². The molecule has 0 spiro atoms. The highest BCUT2D eigenvalue weighted by molar-refractivity contribution is 5.98. The van der Waals surface area contributed by atoms with Gasteiger partial charge in [-0.15, -0.1) is 0 Å². The van der Waals surface area contributed by atoms with E-state index in [1.807, 2.05) is 19.2 Å². The Balaban J connectivity index is 1.84. The van der Waals surface area contributed by atoms with Gasteiger partial charge in [0.05, 0.1) is 5.56 Å². The molecule has 0 unspecified atom stereocenters. The molecule has 0 aliphatic heterocycles. The first-order valence-electron chi connectivity index (χ1n) is 7.60. The van der Waals surface area contributed by atoms with Crippen LogP contribution in [-0.2, 0) is 5.41 Å². The van der Waals surface area contributed by atoms with Crippen LogP contribution >= 0.6 is 0 Å². The molecule has 1 N–H and O–H groups in total. The van der Waals surface area contributed by atoms with Crippen molar-refractivity contribution in [3.63, 3.8) is 0 Å². The Morgan fingerprint density at radius 1 is 1.23 bits per heavy atom. The summed E-state index contributed by atoms with van der Waals surface area (Å²) in [5.74, 6) is 0.642. The number of likely N-dealkylation sites (N-methyl/N-ethyl adjacent to an activating group) is 1. The molecular weight excluding hydrogens is 274 g/mol. The molecule has 22 heavy (non-hydrogen) atoms. The number of amides is 1. The number of rotatable bonds is 5. The number of benzene rings is 1. The lowest BCUT2D eigenvalue weighted by Gasteiger charge is -2.26. The molecule has 4 nitrogen and oxygen atoms in total. The van der Waals surface area contributed by atoms with E-state index in [2.05, 4.69) is 39.5 Å². The van der Waals surface area contributed by atoms with Crippen molar-refractivity contribution in [3.05, 3.63) is 59.8 Å². The minimum absolute atomic E-state index is 0.0977. The van der Waals surface area contributed by atoms with Crippen LogP contribution in [0.25, 0.3) is 0 Å². The van der Waals surface area contributed by atoms with Crippen LogP contribution in [-0.4, -0.2) is 31.5 Å². The highest BCUT2D eigenvalue weighted by atomic mass is 16.1. The average molecular weight is 295 g/mol. The van der Waals surface area contributed by atoms with Gasteiger partial charge in [0.15, 0.2) is 0 Å². The zero-order valence-electron chi connectivity index (χ0n) is 13.0. The van der Waals surface area contributed by atoms with Gasteiger partial charge in [0.1, 0.15) is 5.82 Å². The van der Waals surface area contributed by atoms with Crippen molar-refractivity contribution in [1.29, 1.82) is 0 Å².